The van der Waals surface area contributed by atoms with Crippen molar-refractivity contribution >= 4 is 29.3 Å². The number of aryl methyl sites for hydroxylation is 1. The molecule has 2 aliphatic rings. The molecule has 0 radical (unpaired) electrons. The van der Waals surface area contributed by atoms with Gasteiger partial charge in [-0.3, -0.25) is 19.4 Å². The molecule has 9 nitrogen and oxygen atoms in total. The quantitative estimate of drug-likeness (QED) is 0.674. The van der Waals surface area contributed by atoms with Crippen LogP contribution in [0.2, 0.25) is 0 Å². The number of aromatic amines is 1. The summed E-state index contributed by atoms with van der Waals surface area (Å²) < 4.78 is 5.32. The summed E-state index contributed by atoms with van der Waals surface area (Å²) in [5.41, 5.74) is 1.20. The zero-order valence-electron chi connectivity index (χ0n) is 18.8. The number of rotatable bonds is 4. The summed E-state index contributed by atoms with van der Waals surface area (Å²) in [6.07, 6.45) is 0.988. The minimum absolute atomic E-state index is 0.130. The number of H-pyrrole nitrogens is 1. The molecule has 2 amide bonds. The molecule has 3 atom stereocenters. The maximum absolute atomic E-state index is 13.1. The van der Waals surface area contributed by atoms with Gasteiger partial charge >= 0.3 is 0 Å². The van der Waals surface area contributed by atoms with E-state index in [1.807, 2.05) is 17.9 Å². The van der Waals surface area contributed by atoms with E-state index in [0.29, 0.717) is 29.2 Å². The number of fused-ring (bicyclic) bond motifs is 1. The molecule has 1 aromatic heterocycles. The van der Waals surface area contributed by atoms with Gasteiger partial charge in [0.15, 0.2) is 0 Å². The van der Waals surface area contributed by atoms with E-state index in [4.69, 9.17) is 4.74 Å². The highest BCUT2D eigenvalue weighted by atomic mass is 16.5. The minimum atomic E-state index is -0.950. The number of piperidine rings is 1. The second-order valence-electron chi connectivity index (χ2n) is 9.00. The number of benzene rings is 1. The van der Waals surface area contributed by atoms with E-state index in [9.17, 15) is 14.4 Å². The second-order valence-corrected chi connectivity index (χ2v) is 9.00. The van der Waals surface area contributed by atoms with E-state index in [2.05, 4.69) is 34.4 Å². The van der Waals surface area contributed by atoms with Crippen molar-refractivity contribution in [1.29, 1.82) is 0 Å². The first-order valence-electron chi connectivity index (χ1n) is 10.9. The Balaban J connectivity index is 1.66. The molecule has 32 heavy (non-hydrogen) atoms. The molecule has 2 aromatic rings. The topological polar surface area (TPSA) is 116 Å². The van der Waals surface area contributed by atoms with Crippen LogP contribution in [-0.4, -0.2) is 42.0 Å². The highest BCUT2D eigenvalue weighted by molar-refractivity contribution is 6.05. The van der Waals surface area contributed by atoms with Gasteiger partial charge in [0.05, 0.1) is 24.3 Å². The van der Waals surface area contributed by atoms with Crippen LogP contribution in [0.15, 0.2) is 23.0 Å². The number of methoxy groups -OCH3 is 1. The molecular formula is C23H29N5O4. The zero-order chi connectivity index (χ0) is 23.0. The number of carbonyl (C=O) groups is 2. The van der Waals surface area contributed by atoms with Gasteiger partial charge < -0.3 is 20.3 Å². The summed E-state index contributed by atoms with van der Waals surface area (Å²) in [6.45, 7) is 7.78. The van der Waals surface area contributed by atoms with Crippen molar-refractivity contribution in [3.63, 3.8) is 0 Å². The number of anilines is 3. The highest BCUT2D eigenvalue weighted by Crippen LogP contribution is 2.33. The molecule has 1 aromatic carbocycles. The number of ether oxygens (including phenoxy) is 1. The minimum Gasteiger partial charge on any atom is -0.495 e. The van der Waals surface area contributed by atoms with Crippen molar-refractivity contribution in [2.24, 2.45) is 11.8 Å². The Morgan fingerprint density at radius 1 is 1.22 bits per heavy atom. The molecule has 9 heteroatoms. The van der Waals surface area contributed by atoms with Crippen molar-refractivity contribution in [3.05, 3.63) is 39.7 Å². The van der Waals surface area contributed by atoms with Crippen LogP contribution >= 0.6 is 0 Å². The molecule has 0 spiro atoms. The monoisotopic (exact) mass is 439 g/mol. The molecule has 3 heterocycles. The van der Waals surface area contributed by atoms with Crippen molar-refractivity contribution < 1.29 is 14.3 Å². The predicted octanol–water partition coefficient (Wildman–Crippen LogP) is 2.63. The molecule has 0 aliphatic carbocycles. The van der Waals surface area contributed by atoms with Crippen LogP contribution in [0, 0.1) is 18.8 Å². The summed E-state index contributed by atoms with van der Waals surface area (Å²) in [7, 11) is 1.52. The average Bonchev–Trinajstić information content (AvgIpc) is 2.72. The van der Waals surface area contributed by atoms with Crippen LogP contribution in [0.5, 0.6) is 5.75 Å². The second kappa shape index (κ2) is 8.64. The number of hydrogen-bond donors (Lipinski definition) is 3. The molecule has 0 bridgehead atoms. The van der Waals surface area contributed by atoms with E-state index in [1.54, 1.807) is 12.1 Å². The van der Waals surface area contributed by atoms with Crippen LogP contribution in [0.3, 0.4) is 0 Å². The van der Waals surface area contributed by atoms with Crippen molar-refractivity contribution in [1.82, 2.24) is 9.97 Å². The van der Waals surface area contributed by atoms with Crippen molar-refractivity contribution in [2.75, 3.05) is 35.7 Å². The fraction of sp³-hybridized carbons (Fsp3) is 0.478. The third kappa shape index (κ3) is 4.32. The number of nitrogens with zero attached hydrogens (tertiary/aromatic N) is 2. The standard InChI is InChI=1S/C23H29N5O4/c1-12-5-6-17(32-4)16(8-12)24-21(30)15-9-18(29)25-20-19(15)22(31)27-23(26-20)28-10-13(2)7-14(3)11-28/h5-6,8,13-15H,7,9-11H2,1-4H3,(H,24,30)(H2,25,26,27,29,31)/t13-,14+,15-/m1/s1. The maximum atomic E-state index is 13.1. The fourth-order valence-electron chi connectivity index (χ4n) is 4.71. The average molecular weight is 440 g/mol. The van der Waals surface area contributed by atoms with Gasteiger partial charge in [-0.05, 0) is 42.9 Å². The normalized spacial score (nSPS) is 22.7. The Morgan fingerprint density at radius 2 is 1.94 bits per heavy atom. The molecule has 3 N–H and O–H groups in total. The van der Waals surface area contributed by atoms with Gasteiger partial charge in [0.25, 0.3) is 5.56 Å². The Labute approximate surface area is 186 Å². The zero-order valence-corrected chi connectivity index (χ0v) is 18.8. The molecule has 1 fully saturated rings. The molecule has 170 valence electrons. The summed E-state index contributed by atoms with van der Waals surface area (Å²) in [5, 5.41) is 5.50. The van der Waals surface area contributed by atoms with Crippen LogP contribution in [0.25, 0.3) is 0 Å². The first-order valence-corrected chi connectivity index (χ1v) is 10.9. The van der Waals surface area contributed by atoms with E-state index in [0.717, 1.165) is 25.1 Å². The van der Waals surface area contributed by atoms with E-state index in [-0.39, 0.29) is 23.7 Å². The van der Waals surface area contributed by atoms with Crippen LogP contribution in [0.4, 0.5) is 17.5 Å². The fourth-order valence-corrected chi connectivity index (χ4v) is 4.71. The molecular weight excluding hydrogens is 410 g/mol. The van der Waals surface area contributed by atoms with Gasteiger partial charge in [-0.1, -0.05) is 19.9 Å². The summed E-state index contributed by atoms with van der Waals surface area (Å²) >= 11 is 0. The first-order chi connectivity index (χ1) is 15.2. The number of hydrogen-bond acceptors (Lipinski definition) is 6. The van der Waals surface area contributed by atoms with Gasteiger partial charge in [-0.15, -0.1) is 0 Å². The number of amides is 2. The Kier molecular flexibility index (Phi) is 5.90. The largest absolute Gasteiger partial charge is 0.495 e. The summed E-state index contributed by atoms with van der Waals surface area (Å²) in [4.78, 5) is 48.0. The Hall–Kier alpha value is -3.36. The lowest BCUT2D eigenvalue weighted by atomic mass is 9.91. The lowest BCUT2D eigenvalue weighted by molar-refractivity contribution is -0.123. The Bertz CT molecular complexity index is 1100. The SMILES string of the molecule is COc1ccc(C)cc1NC(=O)[C@@H]1CC(=O)Nc2nc(N3C[C@H](C)C[C@H](C)C3)[nH]c(=O)c21. The number of carbonyl (C=O) groups excluding carboxylic acids is 2. The van der Waals surface area contributed by atoms with Crippen molar-refractivity contribution in [3.8, 4) is 5.75 Å². The highest BCUT2D eigenvalue weighted by Gasteiger charge is 2.36. The molecule has 4 rings (SSSR count). The molecule has 1 saturated heterocycles. The lowest BCUT2D eigenvalue weighted by Crippen LogP contribution is -2.42. The van der Waals surface area contributed by atoms with Crippen LogP contribution < -0.4 is 25.8 Å². The van der Waals surface area contributed by atoms with Gasteiger partial charge in [0.2, 0.25) is 17.8 Å². The number of nitrogens with one attached hydrogen (secondary N) is 3. The number of aromatic nitrogens is 2. The summed E-state index contributed by atoms with van der Waals surface area (Å²) in [5.74, 6) is 0.267. The first kappa shape index (κ1) is 21.9. The Morgan fingerprint density at radius 3 is 2.62 bits per heavy atom. The van der Waals surface area contributed by atoms with Gasteiger partial charge in [-0.2, -0.15) is 4.98 Å². The third-order valence-electron chi connectivity index (χ3n) is 6.04. The smallest absolute Gasteiger partial charge is 0.258 e. The molecule has 2 aliphatic heterocycles. The third-order valence-corrected chi connectivity index (χ3v) is 6.04. The van der Waals surface area contributed by atoms with Crippen LogP contribution in [0.1, 0.15) is 43.7 Å². The van der Waals surface area contributed by atoms with E-state index in [1.165, 1.54) is 7.11 Å². The van der Waals surface area contributed by atoms with E-state index >= 15 is 0 Å². The predicted molar refractivity (Wildman–Crippen MR) is 122 cm³/mol. The summed E-state index contributed by atoms with van der Waals surface area (Å²) in [6, 6.07) is 5.41. The van der Waals surface area contributed by atoms with Crippen LogP contribution in [-0.2, 0) is 9.59 Å². The molecule has 0 unspecified atom stereocenters. The van der Waals surface area contributed by atoms with Gasteiger partial charge in [0.1, 0.15) is 11.6 Å². The van der Waals surface area contributed by atoms with Gasteiger partial charge in [-0.25, -0.2) is 0 Å². The molecule has 0 saturated carbocycles. The van der Waals surface area contributed by atoms with Crippen molar-refractivity contribution in [2.45, 2.75) is 39.5 Å². The van der Waals surface area contributed by atoms with Gasteiger partial charge in [0, 0.05) is 19.5 Å². The lowest BCUT2D eigenvalue weighted by Gasteiger charge is -2.35. The van der Waals surface area contributed by atoms with E-state index < -0.39 is 17.4 Å². The maximum Gasteiger partial charge on any atom is 0.258 e.